The Morgan fingerprint density at radius 3 is 2.41 bits per heavy atom. The van der Waals surface area contributed by atoms with Crippen LogP contribution in [-0.4, -0.2) is 34.4 Å². The molecule has 0 amide bonds. The molecule has 0 aliphatic carbocycles. The highest BCUT2D eigenvalue weighted by molar-refractivity contribution is 7.90. The van der Waals surface area contributed by atoms with Gasteiger partial charge in [0.2, 0.25) is 0 Å². The molecule has 96 valence electrons. The zero-order valence-corrected chi connectivity index (χ0v) is 11.2. The number of ether oxygens (including phenoxy) is 1. The van der Waals surface area contributed by atoms with Crippen LogP contribution in [0.2, 0.25) is 0 Å². The van der Waals surface area contributed by atoms with Crippen LogP contribution in [0.25, 0.3) is 0 Å². The minimum absolute atomic E-state index is 0. The second-order valence-electron chi connectivity index (χ2n) is 3.92. The van der Waals surface area contributed by atoms with E-state index < -0.39 is 9.84 Å². The standard InChI is InChI=1S/C11H15NO3S.ClH/c1-16(13,14)10-4-2-9(3-5-10)11-8-15-7-6-12-11;/h2-5,11-12H,6-8H2,1H3;1H/t11-;/m1./s1. The van der Waals surface area contributed by atoms with E-state index in [0.29, 0.717) is 11.5 Å². The van der Waals surface area contributed by atoms with E-state index >= 15 is 0 Å². The van der Waals surface area contributed by atoms with Crippen molar-refractivity contribution in [3.05, 3.63) is 29.8 Å². The first kappa shape index (κ1) is 14.4. The predicted molar refractivity (Wildman–Crippen MR) is 68.4 cm³/mol. The van der Waals surface area contributed by atoms with Crippen molar-refractivity contribution in [3.8, 4) is 0 Å². The lowest BCUT2D eigenvalue weighted by molar-refractivity contribution is 0.0769. The Bertz CT molecular complexity index is 452. The first-order valence-electron chi connectivity index (χ1n) is 5.18. The van der Waals surface area contributed by atoms with Gasteiger partial charge in [-0.05, 0) is 17.7 Å². The number of nitrogens with one attached hydrogen (secondary N) is 1. The number of morpholine rings is 1. The van der Waals surface area contributed by atoms with Crippen molar-refractivity contribution in [1.29, 1.82) is 0 Å². The summed E-state index contributed by atoms with van der Waals surface area (Å²) in [4.78, 5) is 0.355. The van der Waals surface area contributed by atoms with E-state index in [4.69, 9.17) is 4.74 Å². The summed E-state index contributed by atoms with van der Waals surface area (Å²) in [7, 11) is -3.10. The van der Waals surface area contributed by atoms with Crippen LogP contribution in [0, 0.1) is 0 Å². The SMILES string of the molecule is CS(=O)(=O)c1ccc([C@H]2COCCN2)cc1.Cl. The molecule has 1 aromatic rings. The van der Waals surface area contributed by atoms with Gasteiger partial charge in [0.25, 0.3) is 0 Å². The fourth-order valence-electron chi connectivity index (χ4n) is 1.73. The van der Waals surface area contributed by atoms with Crippen molar-refractivity contribution in [1.82, 2.24) is 5.32 Å². The average Bonchev–Trinajstić information content (AvgIpc) is 2.29. The van der Waals surface area contributed by atoms with Gasteiger partial charge in [-0.3, -0.25) is 0 Å². The fraction of sp³-hybridized carbons (Fsp3) is 0.455. The van der Waals surface area contributed by atoms with Crippen molar-refractivity contribution in [2.45, 2.75) is 10.9 Å². The molecular weight excluding hydrogens is 262 g/mol. The largest absolute Gasteiger partial charge is 0.378 e. The molecule has 1 aliphatic rings. The molecule has 1 aliphatic heterocycles. The summed E-state index contributed by atoms with van der Waals surface area (Å²) in [6.45, 7) is 2.20. The smallest absolute Gasteiger partial charge is 0.175 e. The van der Waals surface area contributed by atoms with Crippen molar-refractivity contribution in [2.75, 3.05) is 26.0 Å². The molecule has 1 heterocycles. The zero-order valence-electron chi connectivity index (χ0n) is 9.55. The van der Waals surface area contributed by atoms with Crippen molar-refractivity contribution < 1.29 is 13.2 Å². The Morgan fingerprint density at radius 1 is 1.29 bits per heavy atom. The Kier molecular flexibility index (Phi) is 4.94. The number of hydrogen-bond donors (Lipinski definition) is 1. The third kappa shape index (κ3) is 3.67. The van der Waals surface area contributed by atoms with Crippen molar-refractivity contribution in [3.63, 3.8) is 0 Å². The fourth-order valence-corrected chi connectivity index (χ4v) is 2.36. The maximum atomic E-state index is 11.3. The zero-order chi connectivity index (χ0) is 11.6. The predicted octanol–water partition coefficient (Wildman–Crippen LogP) is 1.17. The summed E-state index contributed by atoms with van der Waals surface area (Å²) in [5, 5.41) is 3.32. The molecule has 1 aromatic carbocycles. The maximum Gasteiger partial charge on any atom is 0.175 e. The average molecular weight is 278 g/mol. The maximum absolute atomic E-state index is 11.3. The molecule has 0 spiro atoms. The minimum atomic E-state index is -3.10. The van der Waals surface area contributed by atoms with Gasteiger partial charge in [0.1, 0.15) is 0 Å². The van der Waals surface area contributed by atoms with E-state index in [9.17, 15) is 8.42 Å². The van der Waals surface area contributed by atoms with Crippen molar-refractivity contribution in [2.24, 2.45) is 0 Å². The lowest BCUT2D eigenvalue weighted by Crippen LogP contribution is -2.34. The molecule has 0 aromatic heterocycles. The van der Waals surface area contributed by atoms with Crippen LogP contribution in [0.1, 0.15) is 11.6 Å². The molecule has 0 unspecified atom stereocenters. The highest BCUT2D eigenvalue weighted by Gasteiger charge is 2.15. The lowest BCUT2D eigenvalue weighted by atomic mass is 10.1. The number of halogens is 1. The molecular formula is C11H16ClNO3S. The number of rotatable bonds is 2. The second-order valence-corrected chi connectivity index (χ2v) is 5.94. The monoisotopic (exact) mass is 277 g/mol. The normalized spacial score (nSPS) is 20.6. The molecule has 0 saturated carbocycles. The van der Waals surface area contributed by atoms with Gasteiger partial charge in [-0.1, -0.05) is 12.1 Å². The van der Waals surface area contributed by atoms with E-state index in [1.165, 1.54) is 6.26 Å². The molecule has 17 heavy (non-hydrogen) atoms. The molecule has 0 bridgehead atoms. The van der Waals surface area contributed by atoms with E-state index in [0.717, 1.165) is 18.7 Å². The Balaban J connectivity index is 0.00000144. The molecule has 6 heteroatoms. The highest BCUT2D eigenvalue weighted by atomic mass is 35.5. The Labute approximate surface area is 108 Å². The summed E-state index contributed by atoms with van der Waals surface area (Å²) < 4.78 is 27.9. The third-order valence-electron chi connectivity index (χ3n) is 2.63. The minimum Gasteiger partial charge on any atom is -0.378 e. The van der Waals surface area contributed by atoms with Gasteiger partial charge in [-0.15, -0.1) is 12.4 Å². The molecule has 4 nitrogen and oxygen atoms in total. The summed E-state index contributed by atoms with van der Waals surface area (Å²) in [5.41, 5.74) is 1.06. The van der Waals surface area contributed by atoms with Gasteiger partial charge in [0, 0.05) is 12.8 Å². The quantitative estimate of drug-likeness (QED) is 0.882. The van der Waals surface area contributed by atoms with Crippen LogP contribution in [0.4, 0.5) is 0 Å². The van der Waals surface area contributed by atoms with Gasteiger partial charge in [-0.2, -0.15) is 0 Å². The number of hydrogen-bond acceptors (Lipinski definition) is 4. The molecule has 1 atom stereocenters. The molecule has 2 rings (SSSR count). The lowest BCUT2D eigenvalue weighted by Gasteiger charge is -2.24. The van der Waals surface area contributed by atoms with Crippen LogP contribution in [0.3, 0.4) is 0 Å². The molecule has 1 saturated heterocycles. The van der Waals surface area contributed by atoms with Gasteiger partial charge in [0.15, 0.2) is 9.84 Å². The Hall–Kier alpha value is -0.620. The van der Waals surface area contributed by atoms with Crippen LogP contribution in [0.5, 0.6) is 0 Å². The van der Waals surface area contributed by atoms with E-state index in [1.807, 2.05) is 12.1 Å². The number of sulfone groups is 1. The molecule has 0 radical (unpaired) electrons. The first-order valence-corrected chi connectivity index (χ1v) is 7.07. The first-order chi connectivity index (χ1) is 7.57. The summed E-state index contributed by atoms with van der Waals surface area (Å²) >= 11 is 0. The molecule has 1 fully saturated rings. The van der Waals surface area contributed by atoms with Gasteiger partial charge < -0.3 is 10.1 Å². The van der Waals surface area contributed by atoms with Gasteiger partial charge >= 0.3 is 0 Å². The van der Waals surface area contributed by atoms with E-state index in [2.05, 4.69) is 5.32 Å². The summed E-state index contributed by atoms with van der Waals surface area (Å²) in [5.74, 6) is 0. The summed E-state index contributed by atoms with van der Waals surface area (Å²) in [6, 6.07) is 7.12. The summed E-state index contributed by atoms with van der Waals surface area (Å²) in [6.07, 6.45) is 1.21. The highest BCUT2D eigenvalue weighted by Crippen LogP contribution is 2.18. The number of benzene rings is 1. The van der Waals surface area contributed by atoms with Crippen molar-refractivity contribution >= 4 is 22.2 Å². The molecule has 1 N–H and O–H groups in total. The van der Waals surface area contributed by atoms with E-state index in [-0.39, 0.29) is 18.4 Å². The topological polar surface area (TPSA) is 55.4 Å². The third-order valence-corrected chi connectivity index (χ3v) is 3.76. The van der Waals surface area contributed by atoms with Gasteiger partial charge in [0.05, 0.1) is 24.2 Å². The van der Waals surface area contributed by atoms with Crippen LogP contribution in [-0.2, 0) is 14.6 Å². The van der Waals surface area contributed by atoms with Crippen LogP contribution < -0.4 is 5.32 Å². The van der Waals surface area contributed by atoms with E-state index in [1.54, 1.807) is 12.1 Å². The van der Waals surface area contributed by atoms with Gasteiger partial charge in [-0.25, -0.2) is 8.42 Å². The van der Waals surface area contributed by atoms with Crippen LogP contribution >= 0.6 is 12.4 Å². The Morgan fingerprint density at radius 2 is 1.94 bits per heavy atom. The van der Waals surface area contributed by atoms with Crippen LogP contribution in [0.15, 0.2) is 29.2 Å². The second kappa shape index (κ2) is 5.82.